The summed E-state index contributed by atoms with van der Waals surface area (Å²) in [4.78, 5) is 24.2. The number of H-pyrrole nitrogens is 1. The second kappa shape index (κ2) is 4.98. The van der Waals surface area contributed by atoms with Gasteiger partial charge in [0.1, 0.15) is 0 Å². The van der Waals surface area contributed by atoms with Crippen molar-refractivity contribution in [3.63, 3.8) is 0 Å². The van der Waals surface area contributed by atoms with Crippen LogP contribution in [0.2, 0.25) is 0 Å². The largest absolute Gasteiger partial charge is 0.475 e. The molecule has 0 bridgehead atoms. The van der Waals surface area contributed by atoms with Gasteiger partial charge in [0.25, 0.3) is 0 Å². The monoisotopic (exact) mass is 254 g/mol. The zero-order valence-corrected chi connectivity index (χ0v) is 9.54. The van der Waals surface area contributed by atoms with Crippen molar-refractivity contribution in [3.8, 4) is 0 Å². The molecule has 0 saturated heterocycles. The topological polar surface area (TPSA) is 95.3 Å². The molecule has 0 atom stereocenters. The number of thiazole rings is 1. The van der Waals surface area contributed by atoms with Gasteiger partial charge in [0, 0.05) is 29.7 Å². The lowest BCUT2D eigenvalue weighted by Crippen LogP contribution is -2.15. The first-order valence-corrected chi connectivity index (χ1v) is 5.72. The van der Waals surface area contributed by atoms with Crippen LogP contribution in [0.1, 0.15) is 21.8 Å². The number of rotatable bonds is 5. The van der Waals surface area contributed by atoms with Gasteiger partial charge in [-0.3, -0.25) is 4.79 Å². The molecule has 0 fully saturated rings. The third-order valence-corrected chi connectivity index (χ3v) is 2.86. The summed E-state index contributed by atoms with van der Waals surface area (Å²) in [7, 11) is 0. The molecule has 0 aliphatic rings. The molecule has 90 valence electrons. The van der Waals surface area contributed by atoms with E-state index in [0.717, 1.165) is 17.0 Å². The first-order chi connectivity index (χ1) is 8.16. The van der Waals surface area contributed by atoms with Crippen molar-refractivity contribution < 1.29 is 14.3 Å². The average Bonchev–Trinajstić information content (AvgIpc) is 2.87. The van der Waals surface area contributed by atoms with Crippen molar-refractivity contribution in [1.82, 2.24) is 10.3 Å². The molecule has 2 rings (SSSR count). The molecule has 7 heteroatoms. The highest BCUT2D eigenvalue weighted by atomic mass is 32.1. The maximum Gasteiger partial charge on any atom is 0.372 e. The molecule has 2 aromatic heterocycles. The van der Waals surface area contributed by atoms with Gasteiger partial charge in [-0.1, -0.05) is 11.3 Å². The van der Waals surface area contributed by atoms with Crippen LogP contribution in [0, 0.1) is 0 Å². The van der Waals surface area contributed by atoms with Gasteiger partial charge in [-0.05, 0) is 6.07 Å². The number of hydrogen-bond acceptors (Lipinski definition) is 5. The van der Waals surface area contributed by atoms with Crippen LogP contribution in [0.25, 0.3) is 0 Å². The summed E-state index contributed by atoms with van der Waals surface area (Å²) in [5.41, 5.74) is 1.36. The van der Waals surface area contributed by atoms with Crippen molar-refractivity contribution in [3.05, 3.63) is 44.4 Å². The minimum Gasteiger partial charge on any atom is -0.475 e. The van der Waals surface area contributed by atoms with Crippen molar-refractivity contribution >= 4 is 17.3 Å². The highest BCUT2D eigenvalue weighted by Gasteiger charge is 2.13. The van der Waals surface area contributed by atoms with E-state index in [4.69, 9.17) is 9.52 Å². The molecule has 17 heavy (non-hydrogen) atoms. The Bertz CT molecular complexity index is 569. The summed E-state index contributed by atoms with van der Waals surface area (Å²) >= 11 is 1.10. The van der Waals surface area contributed by atoms with Gasteiger partial charge < -0.3 is 19.8 Å². The van der Waals surface area contributed by atoms with Crippen LogP contribution in [0.4, 0.5) is 0 Å². The van der Waals surface area contributed by atoms with E-state index in [1.807, 2.05) is 0 Å². The second-order valence-corrected chi connectivity index (χ2v) is 4.20. The average molecular weight is 254 g/mol. The number of furan rings is 1. The molecule has 0 aliphatic carbocycles. The van der Waals surface area contributed by atoms with Crippen LogP contribution < -0.4 is 10.2 Å². The Morgan fingerprint density at radius 3 is 3.00 bits per heavy atom. The molecule has 0 unspecified atom stereocenters. The summed E-state index contributed by atoms with van der Waals surface area (Å²) < 4.78 is 4.84. The Labute approximate surface area is 99.9 Å². The van der Waals surface area contributed by atoms with Gasteiger partial charge in [-0.2, -0.15) is 0 Å². The highest BCUT2D eigenvalue weighted by molar-refractivity contribution is 7.07. The normalized spacial score (nSPS) is 10.6. The lowest BCUT2D eigenvalue weighted by atomic mass is 10.2. The number of carbonyl (C=O) groups is 1. The third kappa shape index (κ3) is 2.83. The van der Waals surface area contributed by atoms with Crippen LogP contribution in [0.3, 0.4) is 0 Å². The van der Waals surface area contributed by atoms with Crippen molar-refractivity contribution in [2.45, 2.75) is 13.1 Å². The van der Waals surface area contributed by atoms with Crippen LogP contribution in [0.5, 0.6) is 0 Å². The Morgan fingerprint density at radius 1 is 1.53 bits per heavy atom. The smallest absolute Gasteiger partial charge is 0.372 e. The molecule has 2 aromatic rings. The summed E-state index contributed by atoms with van der Waals surface area (Å²) in [5, 5.41) is 13.6. The van der Waals surface area contributed by atoms with E-state index >= 15 is 0 Å². The minimum absolute atomic E-state index is 0.0590. The first-order valence-electron chi connectivity index (χ1n) is 4.84. The van der Waals surface area contributed by atoms with E-state index in [0.29, 0.717) is 18.7 Å². The fourth-order valence-electron chi connectivity index (χ4n) is 1.39. The van der Waals surface area contributed by atoms with Gasteiger partial charge in [0.2, 0.25) is 5.76 Å². The second-order valence-electron chi connectivity index (χ2n) is 3.36. The highest BCUT2D eigenvalue weighted by Crippen LogP contribution is 2.10. The molecule has 0 aliphatic heterocycles. The molecule has 6 nitrogen and oxygen atoms in total. The number of carboxylic acid groups (broad SMARTS) is 1. The van der Waals surface area contributed by atoms with Gasteiger partial charge in [0.15, 0.2) is 0 Å². The minimum atomic E-state index is -1.09. The molecule has 0 amide bonds. The van der Waals surface area contributed by atoms with Crippen LogP contribution in [-0.2, 0) is 13.1 Å². The standard InChI is InChI=1S/C10H10N2O4S/c13-9(14)8-6(1-2-16-8)3-11-4-7-5-17-10(15)12-7/h1-2,5,11H,3-4H2,(H,12,15)(H,13,14). The molecule has 3 N–H and O–H groups in total. The number of nitrogens with one attached hydrogen (secondary N) is 2. The van der Waals surface area contributed by atoms with E-state index in [1.54, 1.807) is 11.4 Å². The van der Waals surface area contributed by atoms with Crippen molar-refractivity contribution in [2.75, 3.05) is 0 Å². The van der Waals surface area contributed by atoms with Crippen molar-refractivity contribution in [1.29, 1.82) is 0 Å². The summed E-state index contributed by atoms with van der Waals surface area (Å²) in [6.07, 6.45) is 1.34. The quantitative estimate of drug-likeness (QED) is 0.740. The van der Waals surface area contributed by atoms with E-state index < -0.39 is 5.97 Å². The number of aromatic amines is 1. The zero-order valence-electron chi connectivity index (χ0n) is 8.73. The van der Waals surface area contributed by atoms with E-state index in [-0.39, 0.29) is 10.6 Å². The van der Waals surface area contributed by atoms with Gasteiger partial charge in [-0.15, -0.1) is 0 Å². The zero-order chi connectivity index (χ0) is 12.3. The Morgan fingerprint density at radius 2 is 2.35 bits per heavy atom. The van der Waals surface area contributed by atoms with Gasteiger partial charge >= 0.3 is 10.8 Å². The SMILES string of the molecule is O=C(O)c1occc1CNCc1csc(=O)[nH]1. The Hall–Kier alpha value is -1.86. The van der Waals surface area contributed by atoms with E-state index in [2.05, 4.69) is 10.3 Å². The number of hydrogen-bond donors (Lipinski definition) is 3. The number of carboxylic acids is 1. The lowest BCUT2D eigenvalue weighted by Gasteiger charge is -2.01. The maximum absolute atomic E-state index is 10.9. The summed E-state index contributed by atoms with van der Waals surface area (Å²) in [6, 6.07) is 1.60. The molecule has 2 heterocycles. The summed E-state index contributed by atoms with van der Waals surface area (Å²) in [6.45, 7) is 0.846. The van der Waals surface area contributed by atoms with E-state index in [9.17, 15) is 9.59 Å². The summed E-state index contributed by atoms with van der Waals surface area (Å²) in [5.74, 6) is -1.15. The molecule has 0 spiro atoms. The molecule has 0 radical (unpaired) electrons. The number of aromatic nitrogens is 1. The van der Waals surface area contributed by atoms with E-state index in [1.165, 1.54) is 6.26 Å². The maximum atomic E-state index is 10.9. The molecule has 0 aromatic carbocycles. The fraction of sp³-hybridized carbons (Fsp3) is 0.200. The molecular weight excluding hydrogens is 244 g/mol. The van der Waals surface area contributed by atoms with Crippen molar-refractivity contribution in [2.24, 2.45) is 0 Å². The molecular formula is C10H10N2O4S. The predicted molar refractivity (Wildman–Crippen MR) is 61.2 cm³/mol. The van der Waals surface area contributed by atoms with Crippen LogP contribution in [0.15, 0.2) is 26.9 Å². The Kier molecular flexibility index (Phi) is 3.40. The van der Waals surface area contributed by atoms with Crippen LogP contribution in [-0.4, -0.2) is 16.1 Å². The first kappa shape index (κ1) is 11.6. The van der Waals surface area contributed by atoms with Gasteiger partial charge in [0.05, 0.1) is 6.26 Å². The van der Waals surface area contributed by atoms with Crippen LogP contribution >= 0.6 is 11.3 Å². The molecule has 0 saturated carbocycles. The number of aromatic carboxylic acids is 1. The third-order valence-electron chi connectivity index (χ3n) is 2.14. The lowest BCUT2D eigenvalue weighted by molar-refractivity contribution is 0.0660. The fourth-order valence-corrected chi connectivity index (χ4v) is 1.98. The Balaban J connectivity index is 1.92. The van der Waals surface area contributed by atoms with Gasteiger partial charge in [-0.25, -0.2) is 4.79 Å². The predicted octanol–water partition coefficient (Wildman–Crippen LogP) is 1.02.